The number of aliphatic hydroxyl groups excluding tert-OH is 2. The summed E-state index contributed by atoms with van der Waals surface area (Å²) in [4.78, 5) is 27.5. The highest BCUT2D eigenvalue weighted by Crippen LogP contribution is 2.44. The van der Waals surface area contributed by atoms with Crippen LogP contribution in [0.5, 0.6) is 0 Å². The Balaban J connectivity index is 1.34. The minimum absolute atomic E-state index is 0.0927. The smallest absolute Gasteiger partial charge is 0.387 e. The van der Waals surface area contributed by atoms with E-state index in [0.29, 0.717) is 22.6 Å². The van der Waals surface area contributed by atoms with Gasteiger partial charge in [0.2, 0.25) is 0 Å². The molecule has 2 aromatic heterocycles. The Morgan fingerprint density at radius 2 is 1.67 bits per heavy atom. The van der Waals surface area contributed by atoms with Gasteiger partial charge in [0, 0.05) is 0 Å². The van der Waals surface area contributed by atoms with Crippen molar-refractivity contribution in [3.63, 3.8) is 0 Å². The lowest BCUT2D eigenvalue weighted by atomic mass is 10.1. The van der Waals surface area contributed by atoms with Crippen molar-refractivity contribution in [1.29, 1.82) is 0 Å². The Bertz CT molecular complexity index is 983. The predicted molar refractivity (Wildman–Crippen MR) is 133 cm³/mol. The first-order valence-electron chi connectivity index (χ1n) is 12.5. The van der Waals surface area contributed by atoms with Crippen molar-refractivity contribution in [2.75, 3.05) is 13.2 Å². The minimum Gasteiger partial charge on any atom is -0.387 e. The molecule has 2 aromatic rings. The third-order valence-electron chi connectivity index (χ3n) is 5.97. The Kier molecular flexibility index (Phi) is 11.8. The first kappa shape index (κ1) is 29.2. The summed E-state index contributed by atoms with van der Waals surface area (Å²) >= 11 is 4.19. The highest BCUT2D eigenvalue weighted by Gasteiger charge is 2.46. The second-order valence-electron chi connectivity index (χ2n) is 8.85. The number of hydrogen-bond acceptors (Lipinski definition) is 11. The van der Waals surface area contributed by atoms with Gasteiger partial charge in [-0.15, -0.1) is 17.4 Å². The van der Waals surface area contributed by atoms with E-state index < -0.39 is 39.0 Å². The number of fused-ring (bicyclic) bond motifs is 1. The zero-order valence-corrected chi connectivity index (χ0v) is 22.3. The molecule has 3 heterocycles. The lowest BCUT2D eigenvalue weighted by Crippen LogP contribution is -2.38. The van der Waals surface area contributed by atoms with E-state index in [1.165, 1.54) is 51.2 Å². The van der Waals surface area contributed by atoms with Gasteiger partial charge >= 0.3 is 7.82 Å². The summed E-state index contributed by atoms with van der Waals surface area (Å²) < 4.78 is 28.8. The number of aliphatic hydroxyl groups is 2. The van der Waals surface area contributed by atoms with Crippen molar-refractivity contribution in [2.24, 2.45) is 0 Å². The van der Waals surface area contributed by atoms with Gasteiger partial charge in [-0.05, 0) is 6.42 Å². The van der Waals surface area contributed by atoms with E-state index in [9.17, 15) is 19.7 Å². The predicted octanol–water partition coefficient (Wildman–Crippen LogP) is 3.04. The van der Waals surface area contributed by atoms with Crippen LogP contribution in [-0.4, -0.2) is 72.6 Å². The molecule has 36 heavy (non-hydrogen) atoms. The largest absolute Gasteiger partial charge is 0.472 e. The van der Waals surface area contributed by atoms with Gasteiger partial charge in [0.25, 0.3) is 6.29 Å². The number of imidazole rings is 1. The van der Waals surface area contributed by atoms with Crippen molar-refractivity contribution >= 4 is 31.6 Å². The molecule has 0 saturated carbocycles. The number of unbranched alkanes of at least 4 members (excludes halogenated alkanes) is 9. The molecule has 3 N–H and O–H groups in total. The van der Waals surface area contributed by atoms with Gasteiger partial charge in [0.1, 0.15) is 41.5 Å². The van der Waals surface area contributed by atoms with Crippen LogP contribution >= 0.6 is 20.5 Å². The lowest BCUT2D eigenvalue weighted by molar-refractivity contribution is -0.168. The number of phosphoric ester groups is 1. The molecule has 0 radical (unpaired) electrons. The van der Waals surface area contributed by atoms with E-state index in [1.54, 1.807) is 0 Å². The summed E-state index contributed by atoms with van der Waals surface area (Å²) in [6, 6.07) is 0. The van der Waals surface area contributed by atoms with Crippen molar-refractivity contribution in [1.82, 2.24) is 19.7 Å². The second-order valence-corrected chi connectivity index (χ2v) is 10.7. The minimum atomic E-state index is -4.34. The fourth-order valence-corrected chi connectivity index (χ4v) is 4.88. The van der Waals surface area contributed by atoms with Gasteiger partial charge in [-0.25, -0.2) is 19.5 Å². The maximum Gasteiger partial charge on any atom is 0.472 e. The fraction of sp³-hybridized carbons (Fsp3) is 0.773. The average molecular weight is 549 g/mol. The Labute approximate surface area is 216 Å². The maximum atomic E-state index is 12.2. The van der Waals surface area contributed by atoms with Gasteiger partial charge in [-0.2, -0.15) is 0 Å². The van der Waals surface area contributed by atoms with E-state index in [4.69, 9.17) is 18.6 Å². The van der Waals surface area contributed by atoms with Gasteiger partial charge in [0.15, 0.2) is 5.65 Å². The molecule has 0 aromatic carbocycles. The third-order valence-corrected chi connectivity index (χ3v) is 7.29. The monoisotopic (exact) mass is 548 g/mol. The zero-order valence-electron chi connectivity index (χ0n) is 20.5. The molecular weight excluding hydrogens is 511 g/mol. The van der Waals surface area contributed by atoms with Crippen molar-refractivity contribution in [2.45, 2.75) is 101 Å². The molecule has 0 bridgehead atoms. The Morgan fingerprint density at radius 3 is 2.36 bits per heavy atom. The summed E-state index contributed by atoms with van der Waals surface area (Å²) in [5, 5.41) is 20.9. The molecular formula is C22H37N4O8PS. The standard InChI is InChI=1S/C22H37N4O8PS/c1-2-3-4-5-6-7-8-9-10-11-12-31-35(29,30)32-13-16-18(27)19(28)22(33-16)34-26-15-25-17-20(26)23-14-24-21(17)36/h14-16,18-19,22,27-28H,2-13H2,1H3,(H,29,30)(H,23,24,36)/t16-,18-,19-,22+/m1/s1. The van der Waals surface area contributed by atoms with E-state index in [-0.39, 0.29) is 6.61 Å². The first-order valence-corrected chi connectivity index (χ1v) is 14.4. The normalized spacial score (nSPS) is 23.8. The zero-order chi connectivity index (χ0) is 26.0. The van der Waals surface area contributed by atoms with E-state index in [2.05, 4.69) is 34.5 Å². The van der Waals surface area contributed by atoms with Gasteiger partial charge in [-0.1, -0.05) is 64.7 Å². The molecule has 1 saturated heterocycles. The van der Waals surface area contributed by atoms with Crippen LogP contribution in [-0.2, 0) is 18.3 Å². The molecule has 1 aliphatic rings. The lowest BCUT2D eigenvalue weighted by Gasteiger charge is -2.17. The van der Waals surface area contributed by atoms with Gasteiger partial charge in [-0.3, -0.25) is 9.05 Å². The number of hydrogen-bond donors (Lipinski definition) is 4. The summed E-state index contributed by atoms with van der Waals surface area (Å²) in [6.45, 7) is 1.83. The highest BCUT2D eigenvalue weighted by molar-refractivity contribution is 7.80. The van der Waals surface area contributed by atoms with Crippen LogP contribution in [0.2, 0.25) is 0 Å². The van der Waals surface area contributed by atoms with E-state index in [1.807, 2.05) is 0 Å². The van der Waals surface area contributed by atoms with E-state index >= 15 is 0 Å². The van der Waals surface area contributed by atoms with Crippen LogP contribution in [0.1, 0.15) is 71.1 Å². The molecule has 0 spiro atoms. The number of nitrogens with zero attached hydrogens (tertiary/aromatic N) is 4. The number of thiol groups is 1. The first-order chi connectivity index (χ1) is 17.3. The third kappa shape index (κ3) is 8.63. The summed E-state index contributed by atoms with van der Waals surface area (Å²) in [5.74, 6) is 0. The van der Waals surface area contributed by atoms with E-state index in [0.717, 1.165) is 24.0 Å². The van der Waals surface area contributed by atoms with Crippen LogP contribution < -0.4 is 4.84 Å². The number of ether oxygens (including phenoxy) is 1. The van der Waals surface area contributed by atoms with Crippen LogP contribution in [0, 0.1) is 0 Å². The quantitative estimate of drug-likeness (QED) is 0.0996. The number of phosphoric acid groups is 1. The topological polar surface area (TPSA) is 158 Å². The maximum absolute atomic E-state index is 12.2. The number of aromatic nitrogens is 4. The molecule has 204 valence electrons. The Hall–Kier alpha value is -1.31. The van der Waals surface area contributed by atoms with Crippen LogP contribution in [0.15, 0.2) is 17.7 Å². The van der Waals surface area contributed by atoms with Crippen LogP contribution in [0.25, 0.3) is 11.2 Å². The summed E-state index contributed by atoms with van der Waals surface area (Å²) in [6.07, 6.45) is 8.70. The molecule has 0 aliphatic carbocycles. The van der Waals surface area contributed by atoms with Gasteiger partial charge in [0.05, 0.1) is 13.2 Å². The molecule has 0 amide bonds. The molecule has 1 fully saturated rings. The summed E-state index contributed by atoms with van der Waals surface area (Å²) in [5.41, 5.74) is 0.676. The van der Waals surface area contributed by atoms with Crippen molar-refractivity contribution in [3.05, 3.63) is 12.7 Å². The molecule has 1 aliphatic heterocycles. The van der Waals surface area contributed by atoms with Crippen molar-refractivity contribution < 1.29 is 38.3 Å². The number of rotatable bonds is 17. The molecule has 1 unspecified atom stereocenters. The average Bonchev–Trinajstić information content (AvgIpc) is 3.38. The van der Waals surface area contributed by atoms with Crippen LogP contribution in [0.4, 0.5) is 0 Å². The molecule has 3 rings (SSSR count). The molecule has 5 atom stereocenters. The second kappa shape index (κ2) is 14.6. The molecule has 14 heteroatoms. The Morgan fingerprint density at radius 1 is 1.00 bits per heavy atom. The SMILES string of the molecule is CCCCCCCCCCCCOP(=O)(O)OC[C@H]1O[C@@H](On2cnc3c(S)ncnc32)[C@H](O)[C@@H]1O. The fourth-order valence-electron chi connectivity index (χ4n) is 3.90. The van der Waals surface area contributed by atoms with Gasteiger partial charge < -0.3 is 24.7 Å². The highest BCUT2D eigenvalue weighted by atomic mass is 32.1. The molecule has 12 nitrogen and oxygen atoms in total. The van der Waals surface area contributed by atoms with Crippen LogP contribution in [0.3, 0.4) is 0 Å². The van der Waals surface area contributed by atoms with Crippen molar-refractivity contribution in [3.8, 4) is 0 Å². The summed E-state index contributed by atoms with van der Waals surface area (Å²) in [7, 11) is -4.34.